The molecule has 0 spiro atoms. The number of amides is 1. The van der Waals surface area contributed by atoms with Crippen molar-refractivity contribution in [1.29, 1.82) is 0 Å². The van der Waals surface area contributed by atoms with Gasteiger partial charge in [0.1, 0.15) is 0 Å². The van der Waals surface area contributed by atoms with Crippen LogP contribution in [0.1, 0.15) is 12.8 Å². The Morgan fingerprint density at radius 2 is 2.17 bits per heavy atom. The van der Waals surface area contributed by atoms with Gasteiger partial charge in [-0.1, -0.05) is 6.07 Å². The molecule has 23 heavy (non-hydrogen) atoms. The van der Waals surface area contributed by atoms with Crippen LogP contribution in [0.5, 0.6) is 0 Å². The highest BCUT2D eigenvalue weighted by atomic mass is 35.5. The number of rotatable bonds is 5. The lowest BCUT2D eigenvalue weighted by Gasteiger charge is -2.31. The SMILES string of the molecule is CNC1CCCN(CC(=O)Nc2cccc(S(N)(=O)=O)c2)C1.Cl. The van der Waals surface area contributed by atoms with Gasteiger partial charge in [0.25, 0.3) is 0 Å². The molecule has 1 aromatic rings. The van der Waals surface area contributed by atoms with Crippen LogP contribution < -0.4 is 15.8 Å². The van der Waals surface area contributed by atoms with Crippen LogP contribution in [0.4, 0.5) is 5.69 Å². The van der Waals surface area contributed by atoms with Gasteiger partial charge < -0.3 is 10.6 Å². The number of piperidine rings is 1. The van der Waals surface area contributed by atoms with Gasteiger partial charge in [0.05, 0.1) is 11.4 Å². The van der Waals surface area contributed by atoms with Crippen molar-refractivity contribution in [3.63, 3.8) is 0 Å². The molecule has 1 unspecified atom stereocenters. The van der Waals surface area contributed by atoms with Crippen LogP contribution in [0.3, 0.4) is 0 Å². The minimum atomic E-state index is -3.77. The van der Waals surface area contributed by atoms with Gasteiger partial charge in [0.15, 0.2) is 0 Å². The summed E-state index contributed by atoms with van der Waals surface area (Å²) in [6, 6.07) is 6.35. The lowest BCUT2D eigenvalue weighted by molar-refractivity contribution is -0.117. The Morgan fingerprint density at radius 3 is 2.83 bits per heavy atom. The highest BCUT2D eigenvalue weighted by molar-refractivity contribution is 7.89. The summed E-state index contributed by atoms with van der Waals surface area (Å²) in [5.41, 5.74) is 0.429. The number of hydrogen-bond donors (Lipinski definition) is 3. The summed E-state index contributed by atoms with van der Waals surface area (Å²) in [5, 5.41) is 11.0. The standard InChI is InChI=1S/C14H22N4O3S.ClH/c1-16-12-5-3-7-18(9-12)10-14(19)17-11-4-2-6-13(8-11)22(15,20)21;/h2,4,6,8,12,16H,3,5,7,9-10H2,1H3,(H,17,19)(H2,15,20,21);1H. The van der Waals surface area contributed by atoms with E-state index < -0.39 is 10.0 Å². The molecule has 0 radical (unpaired) electrons. The molecule has 0 aromatic heterocycles. The minimum absolute atomic E-state index is 0. The lowest BCUT2D eigenvalue weighted by Crippen LogP contribution is -2.46. The van der Waals surface area contributed by atoms with Gasteiger partial charge in [-0.05, 0) is 44.6 Å². The number of hydrogen-bond acceptors (Lipinski definition) is 5. The molecule has 9 heteroatoms. The number of nitrogens with two attached hydrogens (primary N) is 1. The molecular weight excluding hydrogens is 340 g/mol. The monoisotopic (exact) mass is 362 g/mol. The third-order valence-electron chi connectivity index (χ3n) is 3.73. The Bertz CT molecular complexity index is 639. The van der Waals surface area contributed by atoms with Gasteiger partial charge in [-0.2, -0.15) is 0 Å². The first-order chi connectivity index (χ1) is 10.4. The number of nitrogens with one attached hydrogen (secondary N) is 2. The molecule has 0 saturated carbocycles. The van der Waals surface area contributed by atoms with Crippen LogP contribution in [0, 0.1) is 0 Å². The number of sulfonamides is 1. The molecular formula is C14H23ClN4O3S. The summed E-state index contributed by atoms with van der Waals surface area (Å²) in [6.07, 6.45) is 2.17. The largest absolute Gasteiger partial charge is 0.325 e. The molecule has 1 heterocycles. The number of carbonyl (C=O) groups excluding carboxylic acids is 1. The zero-order chi connectivity index (χ0) is 16.2. The summed E-state index contributed by atoms with van der Waals surface area (Å²) >= 11 is 0. The van der Waals surface area contributed by atoms with E-state index in [0.717, 1.165) is 25.9 Å². The Hall–Kier alpha value is -1.19. The number of halogens is 1. The van der Waals surface area contributed by atoms with E-state index in [0.29, 0.717) is 11.7 Å². The molecule has 0 bridgehead atoms. The fraction of sp³-hybridized carbons (Fsp3) is 0.500. The molecule has 1 fully saturated rings. The maximum atomic E-state index is 12.1. The molecule has 1 atom stereocenters. The van der Waals surface area contributed by atoms with E-state index in [9.17, 15) is 13.2 Å². The molecule has 1 aliphatic heterocycles. The van der Waals surface area contributed by atoms with Crippen molar-refractivity contribution < 1.29 is 13.2 Å². The molecule has 1 aliphatic rings. The Labute approximate surface area is 143 Å². The molecule has 2 rings (SSSR count). The summed E-state index contributed by atoms with van der Waals surface area (Å²) in [5.74, 6) is -0.164. The van der Waals surface area contributed by atoms with Crippen LogP contribution in [-0.4, -0.2) is 51.9 Å². The normalized spacial score (nSPS) is 19.0. The zero-order valence-electron chi connectivity index (χ0n) is 13.0. The fourth-order valence-corrected chi connectivity index (χ4v) is 3.15. The molecule has 130 valence electrons. The van der Waals surface area contributed by atoms with E-state index in [1.54, 1.807) is 12.1 Å². The zero-order valence-corrected chi connectivity index (χ0v) is 14.6. The van der Waals surface area contributed by atoms with Crippen molar-refractivity contribution in [3.8, 4) is 0 Å². The van der Waals surface area contributed by atoms with Crippen molar-refractivity contribution in [1.82, 2.24) is 10.2 Å². The smallest absolute Gasteiger partial charge is 0.238 e. The third kappa shape index (κ3) is 6.08. The van der Waals surface area contributed by atoms with E-state index >= 15 is 0 Å². The van der Waals surface area contributed by atoms with Crippen molar-refractivity contribution in [3.05, 3.63) is 24.3 Å². The molecule has 4 N–H and O–H groups in total. The first-order valence-corrected chi connectivity index (χ1v) is 8.75. The van der Waals surface area contributed by atoms with Crippen molar-refractivity contribution in [2.75, 3.05) is 32.0 Å². The Balaban J connectivity index is 0.00000264. The maximum Gasteiger partial charge on any atom is 0.238 e. The van der Waals surface area contributed by atoms with Crippen LogP contribution >= 0.6 is 12.4 Å². The highest BCUT2D eigenvalue weighted by Gasteiger charge is 2.20. The van der Waals surface area contributed by atoms with Crippen LogP contribution in [0.15, 0.2) is 29.2 Å². The Kier molecular flexibility index (Phi) is 7.43. The average molecular weight is 363 g/mol. The number of likely N-dealkylation sites (N-methyl/N-ethyl adjacent to an activating group) is 1. The maximum absolute atomic E-state index is 12.1. The fourth-order valence-electron chi connectivity index (χ4n) is 2.59. The lowest BCUT2D eigenvalue weighted by atomic mass is 10.1. The van der Waals surface area contributed by atoms with Crippen molar-refractivity contribution >= 4 is 34.0 Å². The van der Waals surface area contributed by atoms with Crippen LogP contribution in [-0.2, 0) is 14.8 Å². The van der Waals surface area contributed by atoms with E-state index in [1.807, 2.05) is 7.05 Å². The van der Waals surface area contributed by atoms with Crippen LogP contribution in [0.2, 0.25) is 0 Å². The first-order valence-electron chi connectivity index (χ1n) is 7.21. The number of anilines is 1. The van der Waals surface area contributed by atoms with Crippen LogP contribution in [0.25, 0.3) is 0 Å². The number of nitrogens with zero attached hydrogens (tertiary/aromatic N) is 1. The van der Waals surface area contributed by atoms with Gasteiger partial charge in [-0.3, -0.25) is 9.69 Å². The molecule has 7 nitrogen and oxygen atoms in total. The number of benzene rings is 1. The first kappa shape index (κ1) is 19.9. The summed E-state index contributed by atoms with van der Waals surface area (Å²) < 4.78 is 22.6. The predicted molar refractivity (Wildman–Crippen MR) is 92.2 cm³/mol. The third-order valence-corrected chi connectivity index (χ3v) is 4.64. The van der Waals surface area contributed by atoms with Crippen molar-refractivity contribution in [2.24, 2.45) is 5.14 Å². The van der Waals surface area contributed by atoms with Gasteiger partial charge in [0.2, 0.25) is 15.9 Å². The average Bonchev–Trinajstić information content (AvgIpc) is 2.46. The summed E-state index contributed by atoms with van der Waals surface area (Å²) in [7, 11) is -1.85. The number of primary sulfonamides is 1. The Morgan fingerprint density at radius 1 is 1.43 bits per heavy atom. The summed E-state index contributed by atoms with van der Waals surface area (Å²) in [4.78, 5) is 14.2. The topological polar surface area (TPSA) is 105 Å². The van der Waals surface area contributed by atoms with E-state index in [-0.39, 0.29) is 29.8 Å². The number of carbonyl (C=O) groups is 1. The number of likely N-dealkylation sites (tertiary alicyclic amines) is 1. The predicted octanol–water partition coefficient (Wildman–Crippen LogP) is 0.378. The molecule has 0 aliphatic carbocycles. The minimum Gasteiger partial charge on any atom is -0.325 e. The van der Waals surface area contributed by atoms with Gasteiger partial charge in [0, 0.05) is 18.3 Å². The second kappa shape index (κ2) is 8.60. The van der Waals surface area contributed by atoms with Gasteiger partial charge in [-0.25, -0.2) is 13.6 Å². The van der Waals surface area contributed by atoms with E-state index in [2.05, 4.69) is 15.5 Å². The summed E-state index contributed by atoms with van der Waals surface area (Å²) in [6.45, 7) is 2.02. The molecule has 1 saturated heterocycles. The van der Waals surface area contributed by atoms with E-state index in [1.165, 1.54) is 12.1 Å². The quantitative estimate of drug-likeness (QED) is 0.702. The molecule has 1 aromatic carbocycles. The second-order valence-electron chi connectivity index (χ2n) is 5.48. The second-order valence-corrected chi connectivity index (χ2v) is 7.05. The van der Waals surface area contributed by atoms with E-state index in [4.69, 9.17) is 5.14 Å². The van der Waals surface area contributed by atoms with Gasteiger partial charge in [-0.15, -0.1) is 12.4 Å². The van der Waals surface area contributed by atoms with Crippen molar-refractivity contribution in [2.45, 2.75) is 23.8 Å². The highest BCUT2D eigenvalue weighted by Crippen LogP contribution is 2.14. The van der Waals surface area contributed by atoms with Gasteiger partial charge >= 0.3 is 0 Å². The molecule has 1 amide bonds.